The highest BCUT2D eigenvalue weighted by molar-refractivity contribution is 6.00. The molecule has 3 aromatic rings. The normalized spacial score (nSPS) is 12.9. The van der Waals surface area contributed by atoms with Crippen LogP contribution in [-0.4, -0.2) is 52.7 Å². The van der Waals surface area contributed by atoms with Crippen molar-refractivity contribution in [3.8, 4) is 0 Å². The van der Waals surface area contributed by atoms with E-state index in [-0.39, 0.29) is 6.54 Å². The number of nitrogens with zero attached hydrogens (tertiary/aromatic N) is 1. The quantitative estimate of drug-likeness (QED) is 0.371. The molecule has 0 aromatic heterocycles. The standard InChI is InChI=1S/C30H37N3O5/c1-6-16-33(28(36)25(19-34)32-29(37)38-30(3,4)5)26(23-13-9-10-20(2)17-23)27(35)31-24-15-14-21-11-7-8-12-22(21)18-24/h7-15,17-18,25-26,34H,6,16,19H2,1-5H3,(H,31,35)(H,32,37). The first-order chi connectivity index (χ1) is 18.0. The van der Waals surface area contributed by atoms with E-state index in [1.54, 1.807) is 26.8 Å². The predicted octanol–water partition coefficient (Wildman–Crippen LogP) is 4.95. The van der Waals surface area contributed by atoms with Gasteiger partial charge in [0, 0.05) is 12.2 Å². The van der Waals surface area contributed by atoms with E-state index in [9.17, 15) is 19.5 Å². The molecule has 0 bridgehead atoms. The number of aliphatic hydroxyl groups excluding tert-OH is 1. The molecule has 0 aliphatic rings. The Morgan fingerprint density at radius 3 is 2.32 bits per heavy atom. The van der Waals surface area contributed by atoms with Crippen molar-refractivity contribution in [3.05, 3.63) is 77.9 Å². The van der Waals surface area contributed by atoms with E-state index in [4.69, 9.17) is 4.74 Å². The van der Waals surface area contributed by atoms with Gasteiger partial charge in [0.2, 0.25) is 5.91 Å². The van der Waals surface area contributed by atoms with Crippen molar-refractivity contribution in [1.82, 2.24) is 10.2 Å². The van der Waals surface area contributed by atoms with Gasteiger partial charge in [-0.25, -0.2) is 4.79 Å². The number of hydrogen-bond acceptors (Lipinski definition) is 5. The molecular formula is C30H37N3O5. The second-order valence-corrected chi connectivity index (χ2v) is 10.3. The van der Waals surface area contributed by atoms with Crippen LogP contribution in [0.3, 0.4) is 0 Å². The molecule has 0 saturated heterocycles. The van der Waals surface area contributed by atoms with Gasteiger partial charge in [0.25, 0.3) is 5.91 Å². The van der Waals surface area contributed by atoms with Gasteiger partial charge >= 0.3 is 6.09 Å². The van der Waals surface area contributed by atoms with Crippen molar-refractivity contribution in [2.45, 2.75) is 58.7 Å². The van der Waals surface area contributed by atoms with Crippen LogP contribution < -0.4 is 10.6 Å². The highest BCUT2D eigenvalue weighted by Crippen LogP contribution is 2.27. The summed E-state index contributed by atoms with van der Waals surface area (Å²) in [5.41, 5.74) is 1.38. The van der Waals surface area contributed by atoms with Gasteiger partial charge in [-0.2, -0.15) is 0 Å². The summed E-state index contributed by atoms with van der Waals surface area (Å²) in [6.07, 6.45) is -0.267. The molecule has 3 N–H and O–H groups in total. The van der Waals surface area contributed by atoms with Gasteiger partial charge in [-0.3, -0.25) is 9.59 Å². The third-order valence-electron chi connectivity index (χ3n) is 5.85. The number of ether oxygens (including phenoxy) is 1. The molecule has 0 aliphatic carbocycles. The number of nitrogens with one attached hydrogen (secondary N) is 2. The lowest BCUT2D eigenvalue weighted by Gasteiger charge is -2.34. The number of benzene rings is 3. The predicted molar refractivity (Wildman–Crippen MR) is 149 cm³/mol. The molecule has 3 rings (SSSR count). The molecule has 202 valence electrons. The summed E-state index contributed by atoms with van der Waals surface area (Å²) in [6, 6.07) is 18.6. The molecule has 8 heteroatoms. The van der Waals surface area contributed by atoms with Crippen LogP contribution in [0, 0.1) is 6.92 Å². The van der Waals surface area contributed by atoms with Crippen molar-refractivity contribution in [2.24, 2.45) is 0 Å². The Labute approximate surface area is 224 Å². The number of hydrogen-bond donors (Lipinski definition) is 3. The molecule has 0 radical (unpaired) electrons. The van der Waals surface area contributed by atoms with Crippen molar-refractivity contribution in [2.75, 3.05) is 18.5 Å². The maximum Gasteiger partial charge on any atom is 0.408 e. The Balaban J connectivity index is 1.96. The summed E-state index contributed by atoms with van der Waals surface area (Å²) in [7, 11) is 0. The van der Waals surface area contributed by atoms with Crippen molar-refractivity contribution in [1.29, 1.82) is 0 Å². The van der Waals surface area contributed by atoms with Gasteiger partial charge in [0.15, 0.2) is 0 Å². The molecule has 2 unspecified atom stereocenters. The second kappa shape index (κ2) is 12.6. The van der Waals surface area contributed by atoms with Gasteiger partial charge in [0.1, 0.15) is 17.7 Å². The zero-order valence-corrected chi connectivity index (χ0v) is 22.7. The summed E-state index contributed by atoms with van der Waals surface area (Å²) >= 11 is 0. The monoisotopic (exact) mass is 519 g/mol. The number of carbonyl (C=O) groups excluding carboxylic acids is 3. The lowest BCUT2D eigenvalue weighted by Crippen LogP contribution is -2.54. The number of carbonyl (C=O) groups is 3. The third kappa shape index (κ3) is 7.55. The zero-order valence-electron chi connectivity index (χ0n) is 22.7. The molecule has 0 aliphatic heterocycles. The Morgan fingerprint density at radius 1 is 0.974 bits per heavy atom. The molecule has 0 heterocycles. The van der Waals surface area contributed by atoms with E-state index in [1.165, 1.54) is 4.90 Å². The van der Waals surface area contributed by atoms with E-state index < -0.39 is 42.2 Å². The molecule has 0 fully saturated rings. The van der Waals surface area contributed by atoms with Gasteiger partial charge in [0.05, 0.1) is 6.61 Å². The minimum absolute atomic E-state index is 0.231. The van der Waals surface area contributed by atoms with E-state index in [1.807, 2.05) is 74.5 Å². The molecule has 3 amide bonds. The average molecular weight is 520 g/mol. The van der Waals surface area contributed by atoms with E-state index in [0.717, 1.165) is 16.3 Å². The number of amides is 3. The minimum Gasteiger partial charge on any atom is -0.444 e. The number of fused-ring (bicyclic) bond motifs is 1. The fourth-order valence-electron chi connectivity index (χ4n) is 4.23. The van der Waals surface area contributed by atoms with Crippen LogP contribution in [0.2, 0.25) is 0 Å². The Morgan fingerprint density at radius 2 is 1.68 bits per heavy atom. The number of anilines is 1. The third-order valence-corrected chi connectivity index (χ3v) is 5.85. The van der Waals surface area contributed by atoms with Gasteiger partial charge in [-0.05, 0) is 62.6 Å². The molecule has 2 atom stereocenters. The second-order valence-electron chi connectivity index (χ2n) is 10.3. The number of alkyl carbamates (subject to hydrolysis) is 1. The van der Waals surface area contributed by atoms with Gasteiger partial charge in [-0.15, -0.1) is 0 Å². The first kappa shape index (κ1) is 28.7. The Kier molecular flexibility index (Phi) is 9.47. The molecule has 3 aromatic carbocycles. The van der Waals surface area contributed by atoms with Gasteiger partial charge in [-0.1, -0.05) is 67.1 Å². The number of aryl methyl sites for hydroxylation is 1. The summed E-state index contributed by atoms with van der Waals surface area (Å²) in [4.78, 5) is 41.3. The topological polar surface area (TPSA) is 108 Å². The number of aliphatic hydroxyl groups is 1. The first-order valence-corrected chi connectivity index (χ1v) is 12.8. The SMILES string of the molecule is CCCN(C(=O)C(CO)NC(=O)OC(C)(C)C)C(C(=O)Nc1ccc2ccccc2c1)c1cccc(C)c1. The van der Waals surface area contributed by atoms with Crippen molar-refractivity contribution < 1.29 is 24.2 Å². The Hall–Kier alpha value is -3.91. The summed E-state index contributed by atoms with van der Waals surface area (Å²) in [5, 5.41) is 17.5. The molecule has 0 saturated carbocycles. The van der Waals surface area contributed by atoms with Crippen LogP contribution in [0.25, 0.3) is 10.8 Å². The van der Waals surface area contributed by atoms with E-state index >= 15 is 0 Å². The minimum atomic E-state index is -1.28. The van der Waals surface area contributed by atoms with Crippen LogP contribution in [0.5, 0.6) is 0 Å². The van der Waals surface area contributed by atoms with Crippen molar-refractivity contribution >= 4 is 34.4 Å². The maximum absolute atomic E-state index is 13.8. The number of rotatable bonds is 9. The highest BCUT2D eigenvalue weighted by Gasteiger charge is 2.36. The van der Waals surface area contributed by atoms with Crippen LogP contribution in [0.1, 0.15) is 51.3 Å². The molecular weight excluding hydrogens is 482 g/mol. The molecule has 0 spiro atoms. The van der Waals surface area contributed by atoms with Crippen LogP contribution in [0.4, 0.5) is 10.5 Å². The van der Waals surface area contributed by atoms with Crippen LogP contribution in [-0.2, 0) is 14.3 Å². The van der Waals surface area contributed by atoms with E-state index in [0.29, 0.717) is 17.7 Å². The maximum atomic E-state index is 13.8. The highest BCUT2D eigenvalue weighted by atomic mass is 16.6. The van der Waals surface area contributed by atoms with Crippen LogP contribution in [0.15, 0.2) is 66.7 Å². The molecule has 38 heavy (non-hydrogen) atoms. The lowest BCUT2D eigenvalue weighted by atomic mass is 10.0. The summed E-state index contributed by atoms with van der Waals surface area (Å²) in [6.45, 7) is 8.50. The first-order valence-electron chi connectivity index (χ1n) is 12.8. The Bertz CT molecular complexity index is 1280. The van der Waals surface area contributed by atoms with E-state index in [2.05, 4.69) is 10.6 Å². The summed E-state index contributed by atoms with van der Waals surface area (Å²) in [5.74, 6) is -0.984. The van der Waals surface area contributed by atoms with Crippen LogP contribution >= 0.6 is 0 Å². The van der Waals surface area contributed by atoms with Crippen molar-refractivity contribution in [3.63, 3.8) is 0 Å². The fourth-order valence-corrected chi connectivity index (χ4v) is 4.23. The fraction of sp³-hybridized carbons (Fsp3) is 0.367. The zero-order chi connectivity index (χ0) is 27.9. The lowest BCUT2D eigenvalue weighted by molar-refractivity contribution is -0.141. The average Bonchev–Trinajstić information content (AvgIpc) is 2.85. The molecule has 8 nitrogen and oxygen atoms in total. The largest absolute Gasteiger partial charge is 0.444 e. The summed E-state index contributed by atoms with van der Waals surface area (Å²) < 4.78 is 5.27. The van der Waals surface area contributed by atoms with Gasteiger partial charge < -0.3 is 25.4 Å². The smallest absolute Gasteiger partial charge is 0.408 e.